The van der Waals surface area contributed by atoms with Gasteiger partial charge in [-0.2, -0.15) is 0 Å². The number of amides is 2. The summed E-state index contributed by atoms with van der Waals surface area (Å²) < 4.78 is 29.7. The number of benzene rings is 4. The van der Waals surface area contributed by atoms with Gasteiger partial charge in [0.15, 0.2) is 0 Å². The van der Waals surface area contributed by atoms with Gasteiger partial charge in [0.1, 0.15) is 11.6 Å². The SMILES string of the molecule is CC(C)(O)CCONC(=O)c1cc(Cl)c(F)cc1Nc1ccc(I)cc1Cl.CC(O)CCONC(=O)c1cc(Cl)c(F)cc1Nc1ccc(I)cc1Cl. The average molecular weight is 1040 g/mol. The zero-order valence-corrected chi connectivity index (χ0v) is 35.6. The molecule has 0 aromatic heterocycles. The van der Waals surface area contributed by atoms with E-state index in [2.05, 4.69) is 66.8 Å². The lowest BCUT2D eigenvalue weighted by Gasteiger charge is -2.17. The minimum atomic E-state index is -0.918. The van der Waals surface area contributed by atoms with Gasteiger partial charge in [-0.15, -0.1) is 0 Å². The first kappa shape index (κ1) is 45.1. The quantitative estimate of drug-likeness (QED) is 0.0417. The highest BCUT2D eigenvalue weighted by Crippen LogP contribution is 2.33. The molecule has 0 radical (unpaired) electrons. The topological polar surface area (TPSA) is 141 Å². The molecule has 6 N–H and O–H groups in total. The number of rotatable bonds is 14. The first-order chi connectivity index (χ1) is 24.8. The second kappa shape index (κ2) is 21.2. The molecule has 18 heteroatoms. The number of nitrogens with one attached hydrogen (secondary N) is 4. The monoisotopic (exact) mass is 1040 g/mol. The van der Waals surface area contributed by atoms with E-state index in [-0.39, 0.29) is 45.8 Å². The number of carbonyl (C=O) groups excluding carboxylic acids is 2. The summed E-state index contributed by atoms with van der Waals surface area (Å²) in [4.78, 5) is 34.9. The maximum absolute atomic E-state index is 13.9. The van der Waals surface area contributed by atoms with E-state index >= 15 is 0 Å². The minimum absolute atomic E-state index is 0.0827. The molecule has 2 amide bonds. The largest absolute Gasteiger partial charge is 0.393 e. The van der Waals surface area contributed by atoms with E-state index in [1.807, 2.05) is 12.1 Å². The van der Waals surface area contributed by atoms with Crippen molar-refractivity contribution < 1.29 is 38.3 Å². The lowest BCUT2D eigenvalue weighted by Crippen LogP contribution is -2.28. The van der Waals surface area contributed by atoms with Crippen molar-refractivity contribution in [2.75, 3.05) is 23.8 Å². The van der Waals surface area contributed by atoms with Crippen molar-refractivity contribution >= 4 is 126 Å². The molecule has 10 nitrogen and oxygen atoms in total. The van der Waals surface area contributed by atoms with Gasteiger partial charge in [-0.1, -0.05) is 46.4 Å². The van der Waals surface area contributed by atoms with Crippen molar-refractivity contribution in [1.29, 1.82) is 0 Å². The predicted octanol–water partition coefficient (Wildman–Crippen LogP) is 10.2. The average Bonchev–Trinajstić information content (AvgIpc) is 3.06. The standard InChI is InChI=1S/C18H18Cl2FIN2O3.C17H16Cl2FIN2O3/c1-18(2,26)5-6-27-24-17(25)11-8-12(19)14(21)9-16(11)23-15-4-3-10(22)7-13(15)20;1-9(24)4-5-26-23-17(25)11-7-12(18)14(20)8-16(11)22-15-3-2-10(21)6-13(15)19/h3-4,7-9,23,26H,5-6H2,1-2H3,(H,24,25);2-3,6-9,22,24H,4-5H2,1H3,(H,23,25). The van der Waals surface area contributed by atoms with Crippen LogP contribution in [0.5, 0.6) is 0 Å². The van der Waals surface area contributed by atoms with E-state index in [1.165, 1.54) is 12.1 Å². The molecule has 0 spiro atoms. The van der Waals surface area contributed by atoms with Crippen LogP contribution in [0.4, 0.5) is 31.5 Å². The highest BCUT2D eigenvalue weighted by molar-refractivity contribution is 14.1. The second-order valence-corrected chi connectivity index (χ2v) is 16.0. The molecule has 4 aromatic carbocycles. The molecule has 0 aliphatic heterocycles. The van der Waals surface area contributed by atoms with E-state index in [1.54, 1.807) is 45.0 Å². The molecule has 4 aromatic rings. The van der Waals surface area contributed by atoms with Gasteiger partial charge in [0.05, 0.1) is 78.9 Å². The number of carbonyl (C=O) groups is 2. The van der Waals surface area contributed by atoms with Crippen molar-refractivity contribution in [3.63, 3.8) is 0 Å². The van der Waals surface area contributed by atoms with Crippen LogP contribution in [0.2, 0.25) is 20.1 Å². The molecule has 1 atom stereocenters. The summed E-state index contributed by atoms with van der Waals surface area (Å²) in [6, 6.07) is 15.2. The van der Waals surface area contributed by atoms with Crippen LogP contribution in [0.25, 0.3) is 0 Å². The highest BCUT2D eigenvalue weighted by Gasteiger charge is 2.19. The van der Waals surface area contributed by atoms with Crippen molar-refractivity contribution in [2.45, 2.75) is 45.3 Å². The van der Waals surface area contributed by atoms with E-state index in [4.69, 9.17) is 56.1 Å². The van der Waals surface area contributed by atoms with Crippen molar-refractivity contribution in [3.8, 4) is 0 Å². The van der Waals surface area contributed by atoms with E-state index in [9.17, 15) is 28.6 Å². The molecule has 0 aliphatic rings. The maximum atomic E-state index is 13.9. The Hall–Kier alpha value is -2.26. The Morgan fingerprint density at radius 3 is 1.51 bits per heavy atom. The van der Waals surface area contributed by atoms with Gasteiger partial charge < -0.3 is 20.8 Å². The summed E-state index contributed by atoms with van der Waals surface area (Å²) in [7, 11) is 0. The number of hydrogen-bond acceptors (Lipinski definition) is 8. The number of halogens is 8. The third-order valence-corrected chi connectivity index (χ3v) is 9.34. The lowest BCUT2D eigenvalue weighted by atomic mass is 10.1. The third kappa shape index (κ3) is 15.1. The van der Waals surface area contributed by atoms with Gasteiger partial charge in [0.25, 0.3) is 11.8 Å². The van der Waals surface area contributed by atoms with Crippen molar-refractivity contribution in [1.82, 2.24) is 11.0 Å². The molecular weight excluding hydrogens is 1010 g/mol. The molecule has 0 saturated carbocycles. The molecule has 0 aliphatic carbocycles. The number of anilines is 4. The number of aliphatic hydroxyl groups is 2. The summed E-state index contributed by atoms with van der Waals surface area (Å²) in [5, 5.41) is 25.2. The summed E-state index contributed by atoms with van der Waals surface area (Å²) >= 11 is 28.2. The predicted molar refractivity (Wildman–Crippen MR) is 222 cm³/mol. The van der Waals surface area contributed by atoms with Gasteiger partial charge in [-0.25, -0.2) is 19.7 Å². The van der Waals surface area contributed by atoms with E-state index in [0.29, 0.717) is 34.3 Å². The molecule has 4 rings (SSSR count). The summed E-state index contributed by atoms with van der Waals surface area (Å²) in [5.41, 5.74) is 5.15. The van der Waals surface area contributed by atoms with Crippen molar-refractivity contribution in [3.05, 3.63) is 111 Å². The van der Waals surface area contributed by atoms with Crippen LogP contribution in [0, 0.1) is 18.8 Å². The summed E-state index contributed by atoms with van der Waals surface area (Å²) in [6.07, 6.45) is 0.127. The molecule has 0 fully saturated rings. The Morgan fingerprint density at radius 1 is 0.717 bits per heavy atom. The maximum Gasteiger partial charge on any atom is 0.277 e. The smallest absolute Gasteiger partial charge is 0.277 e. The van der Waals surface area contributed by atoms with Crippen LogP contribution in [-0.2, 0) is 9.68 Å². The van der Waals surface area contributed by atoms with E-state index < -0.39 is 35.2 Å². The molecule has 0 bridgehead atoms. The molecule has 0 heterocycles. The van der Waals surface area contributed by atoms with Crippen LogP contribution >= 0.6 is 91.6 Å². The fourth-order valence-electron chi connectivity index (χ4n) is 4.02. The van der Waals surface area contributed by atoms with Crippen LogP contribution in [0.15, 0.2) is 60.7 Å². The number of hydroxylamine groups is 2. The molecular formula is C35H34Cl4F2I2N4O6. The third-order valence-electron chi connectivity index (χ3n) is 6.79. The highest BCUT2D eigenvalue weighted by atomic mass is 127. The van der Waals surface area contributed by atoms with Gasteiger partial charge in [-0.05, 0) is 133 Å². The van der Waals surface area contributed by atoms with Crippen LogP contribution in [-0.4, -0.2) is 46.9 Å². The molecule has 53 heavy (non-hydrogen) atoms. The Morgan fingerprint density at radius 2 is 1.13 bits per heavy atom. The molecule has 1 unspecified atom stereocenters. The van der Waals surface area contributed by atoms with Gasteiger partial charge >= 0.3 is 0 Å². The Balaban J connectivity index is 0.000000286. The zero-order chi connectivity index (χ0) is 39.5. The fraction of sp³-hybridized carbons (Fsp3) is 0.257. The van der Waals surface area contributed by atoms with Crippen molar-refractivity contribution in [2.24, 2.45) is 0 Å². The number of hydrogen-bond donors (Lipinski definition) is 6. The van der Waals surface area contributed by atoms with Crippen LogP contribution in [0.3, 0.4) is 0 Å². The normalized spacial score (nSPS) is 11.6. The first-order valence-electron chi connectivity index (χ1n) is 15.5. The zero-order valence-electron chi connectivity index (χ0n) is 28.2. The fourth-order valence-corrected chi connectivity index (χ4v) is 6.15. The number of aliphatic hydroxyl groups excluding tert-OH is 1. The van der Waals surface area contributed by atoms with Crippen LogP contribution in [0.1, 0.15) is 54.3 Å². The van der Waals surface area contributed by atoms with E-state index in [0.717, 1.165) is 19.3 Å². The van der Waals surface area contributed by atoms with Gasteiger partial charge in [-0.3, -0.25) is 19.3 Å². The van der Waals surface area contributed by atoms with Gasteiger partial charge in [0, 0.05) is 13.6 Å². The minimum Gasteiger partial charge on any atom is -0.393 e. The Labute approximate surface area is 352 Å². The molecule has 0 saturated heterocycles. The molecule has 286 valence electrons. The van der Waals surface area contributed by atoms with Crippen LogP contribution < -0.4 is 21.6 Å². The summed E-state index contributed by atoms with van der Waals surface area (Å²) in [5.74, 6) is -2.58. The second-order valence-electron chi connectivity index (χ2n) is 11.9. The Kier molecular flexibility index (Phi) is 18.0. The first-order valence-corrected chi connectivity index (χ1v) is 19.2. The lowest BCUT2D eigenvalue weighted by molar-refractivity contribution is -0.00569. The summed E-state index contributed by atoms with van der Waals surface area (Å²) in [6.45, 7) is 5.10. The Bertz CT molecular complexity index is 1920. The van der Waals surface area contributed by atoms with Gasteiger partial charge in [0.2, 0.25) is 0 Å².